The highest BCUT2D eigenvalue weighted by atomic mass is 14.2. The first-order valence-electron chi connectivity index (χ1n) is 7.49. The molecule has 0 aromatic heterocycles. The van der Waals surface area contributed by atoms with Crippen LogP contribution in [-0.4, -0.2) is 0 Å². The standard InChI is InChI=1S/C17H18.C3H8/c1-3-9-14(2)16-12-7-8-13-17(16)15-10-5-4-6-11-15;1-3-2/h3-6,8-11,13H,1,7,12H2,2H3;3H2,1-2H3/b14-9+;. The second-order valence-corrected chi connectivity index (χ2v) is 4.99. The van der Waals surface area contributed by atoms with Crippen molar-refractivity contribution in [1.82, 2.24) is 0 Å². The van der Waals surface area contributed by atoms with Gasteiger partial charge in [0.05, 0.1) is 0 Å². The lowest BCUT2D eigenvalue weighted by Crippen LogP contribution is -1.96. The van der Waals surface area contributed by atoms with Crippen LogP contribution < -0.4 is 0 Å². The van der Waals surface area contributed by atoms with E-state index >= 15 is 0 Å². The minimum atomic E-state index is 1.12. The normalized spacial score (nSPS) is 14.7. The summed E-state index contributed by atoms with van der Waals surface area (Å²) in [7, 11) is 0. The van der Waals surface area contributed by atoms with E-state index in [0.717, 1.165) is 12.8 Å². The lowest BCUT2D eigenvalue weighted by molar-refractivity contribution is 0.974. The Morgan fingerprint density at radius 1 is 1.20 bits per heavy atom. The molecule has 2 rings (SSSR count). The minimum Gasteiger partial charge on any atom is -0.0991 e. The van der Waals surface area contributed by atoms with Crippen LogP contribution in [0.4, 0.5) is 0 Å². The van der Waals surface area contributed by atoms with E-state index in [9.17, 15) is 0 Å². The summed E-state index contributed by atoms with van der Waals surface area (Å²) in [6.07, 6.45) is 12.0. The number of hydrogen-bond donors (Lipinski definition) is 0. The first-order valence-corrected chi connectivity index (χ1v) is 7.49. The van der Waals surface area contributed by atoms with Crippen molar-refractivity contribution in [3.63, 3.8) is 0 Å². The highest BCUT2D eigenvalue weighted by Crippen LogP contribution is 2.31. The number of rotatable bonds is 3. The second-order valence-electron chi connectivity index (χ2n) is 4.99. The summed E-state index contributed by atoms with van der Waals surface area (Å²) in [5, 5.41) is 0. The molecule has 0 saturated heterocycles. The predicted molar refractivity (Wildman–Crippen MR) is 91.7 cm³/mol. The van der Waals surface area contributed by atoms with E-state index in [1.807, 2.05) is 6.08 Å². The van der Waals surface area contributed by atoms with Crippen molar-refractivity contribution in [1.29, 1.82) is 0 Å². The molecule has 1 aliphatic carbocycles. The van der Waals surface area contributed by atoms with E-state index in [4.69, 9.17) is 0 Å². The third kappa shape index (κ3) is 4.70. The van der Waals surface area contributed by atoms with Crippen molar-refractivity contribution >= 4 is 5.57 Å². The van der Waals surface area contributed by atoms with Crippen LogP contribution >= 0.6 is 0 Å². The summed E-state index contributed by atoms with van der Waals surface area (Å²) in [4.78, 5) is 0. The maximum atomic E-state index is 3.78. The molecule has 0 heterocycles. The number of hydrogen-bond acceptors (Lipinski definition) is 0. The molecule has 20 heavy (non-hydrogen) atoms. The number of benzene rings is 1. The summed E-state index contributed by atoms with van der Waals surface area (Å²) < 4.78 is 0. The van der Waals surface area contributed by atoms with Gasteiger partial charge >= 0.3 is 0 Å². The molecule has 0 unspecified atom stereocenters. The maximum absolute atomic E-state index is 3.78. The third-order valence-electron chi connectivity index (χ3n) is 3.10. The Bertz CT molecular complexity index is 498. The molecule has 0 amide bonds. The number of allylic oxidation sites excluding steroid dienone is 7. The van der Waals surface area contributed by atoms with Crippen LogP contribution in [0.25, 0.3) is 5.57 Å². The van der Waals surface area contributed by atoms with Gasteiger partial charge in [-0.2, -0.15) is 0 Å². The van der Waals surface area contributed by atoms with Crippen LogP contribution in [-0.2, 0) is 0 Å². The van der Waals surface area contributed by atoms with E-state index < -0.39 is 0 Å². The molecule has 0 aliphatic heterocycles. The highest BCUT2D eigenvalue weighted by molar-refractivity contribution is 5.80. The average Bonchev–Trinajstić information content (AvgIpc) is 2.49. The third-order valence-corrected chi connectivity index (χ3v) is 3.10. The monoisotopic (exact) mass is 266 g/mol. The molecule has 0 spiro atoms. The second kappa shape index (κ2) is 9.14. The van der Waals surface area contributed by atoms with Gasteiger partial charge in [-0.15, -0.1) is 0 Å². The van der Waals surface area contributed by atoms with Gasteiger partial charge in [-0.1, -0.05) is 81.5 Å². The van der Waals surface area contributed by atoms with Gasteiger partial charge < -0.3 is 0 Å². The van der Waals surface area contributed by atoms with Crippen molar-refractivity contribution in [2.45, 2.75) is 40.0 Å². The van der Waals surface area contributed by atoms with Crippen LogP contribution in [0.15, 0.2) is 72.4 Å². The molecule has 0 radical (unpaired) electrons. The lowest BCUT2D eigenvalue weighted by atomic mass is 9.88. The average molecular weight is 266 g/mol. The lowest BCUT2D eigenvalue weighted by Gasteiger charge is -2.17. The smallest absolute Gasteiger partial charge is 0.0152 e. The molecule has 0 N–H and O–H groups in total. The maximum Gasteiger partial charge on any atom is -0.0152 e. The Kier molecular flexibility index (Phi) is 7.42. The van der Waals surface area contributed by atoms with Crippen LogP contribution in [0.3, 0.4) is 0 Å². The zero-order chi connectivity index (χ0) is 14.8. The van der Waals surface area contributed by atoms with Gasteiger partial charge in [0.25, 0.3) is 0 Å². The Labute approximate surface area is 124 Å². The van der Waals surface area contributed by atoms with E-state index in [1.165, 1.54) is 28.7 Å². The first kappa shape index (κ1) is 16.2. The zero-order valence-corrected chi connectivity index (χ0v) is 13.0. The predicted octanol–water partition coefficient (Wildman–Crippen LogP) is 6.34. The largest absolute Gasteiger partial charge is 0.0991 e. The highest BCUT2D eigenvalue weighted by Gasteiger charge is 2.11. The van der Waals surface area contributed by atoms with Gasteiger partial charge in [-0.25, -0.2) is 0 Å². The Morgan fingerprint density at radius 3 is 2.45 bits per heavy atom. The molecule has 0 nitrogen and oxygen atoms in total. The molecule has 0 fully saturated rings. The van der Waals surface area contributed by atoms with E-state index in [1.54, 1.807) is 0 Å². The summed E-state index contributed by atoms with van der Waals surface area (Å²) in [5.41, 5.74) is 5.42. The first-order chi connectivity index (χ1) is 9.74. The van der Waals surface area contributed by atoms with Gasteiger partial charge in [0.1, 0.15) is 0 Å². The van der Waals surface area contributed by atoms with Crippen LogP contribution in [0.2, 0.25) is 0 Å². The Hall–Kier alpha value is -1.82. The Balaban J connectivity index is 0.000000612. The molecule has 0 atom stereocenters. The summed E-state index contributed by atoms with van der Waals surface area (Å²) in [6, 6.07) is 10.6. The van der Waals surface area contributed by atoms with E-state index in [2.05, 4.69) is 75.9 Å². The zero-order valence-electron chi connectivity index (χ0n) is 13.0. The van der Waals surface area contributed by atoms with Crippen molar-refractivity contribution < 1.29 is 0 Å². The SMILES string of the molecule is C=C/C=C(\C)C1=C(c2ccccc2)C=CCC1.CCC. The molecular formula is C20H26. The van der Waals surface area contributed by atoms with Gasteiger partial charge in [0, 0.05) is 0 Å². The van der Waals surface area contributed by atoms with Gasteiger partial charge in [-0.3, -0.25) is 0 Å². The van der Waals surface area contributed by atoms with E-state index in [-0.39, 0.29) is 0 Å². The topological polar surface area (TPSA) is 0 Å². The quantitative estimate of drug-likeness (QED) is 0.560. The van der Waals surface area contributed by atoms with Crippen molar-refractivity contribution in [2.24, 2.45) is 0 Å². The van der Waals surface area contributed by atoms with Crippen molar-refractivity contribution in [2.75, 3.05) is 0 Å². The Morgan fingerprint density at radius 2 is 1.85 bits per heavy atom. The molecule has 0 bridgehead atoms. The van der Waals surface area contributed by atoms with Gasteiger partial charge in [0.15, 0.2) is 0 Å². The molecule has 106 valence electrons. The molecular weight excluding hydrogens is 240 g/mol. The fraction of sp³-hybridized carbons (Fsp3) is 0.300. The molecule has 1 aromatic rings. The fourth-order valence-corrected chi connectivity index (χ4v) is 2.24. The van der Waals surface area contributed by atoms with E-state index in [0.29, 0.717) is 0 Å². The van der Waals surface area contributed by atoms with Gasteiger partial charge in [-0.05, 0) is 42.0 Å². The molecule has 0 heteroatoms. The summed E-state index contributed by atoms with van der Waals surface area (Å²) >= 11 is 0. The molecule has 1 aliphatic rings. The van der Waals surface area contributed by atoms with Crippen LogP contribution in [0, 0.1) is 0 Å². The molecule has 1 aromatic carbocycles. The van der Waals surface area contributed by atoms with Crippen LogP contribution in [0.1, 0.15) is 45.6 Å². The van der Waals surface area contributed by atoms with Crippen molar-refractivity contribution in [3.05, 3.63) is 77.9 Å². The van der Waals surface area contributed by atoms with Gasteiger partial charge in [0.2, 0.25) is 0 Å². The summed E-state index contributed by atoms with van der Waals surface area (Å²) in [5.74, 6) is 0. The molecule has 0 saturated carbocycles. The fourth-order valence-electron chi connectivity index (χ4n) is 2.24. The summed E-state index contributed by atoms with van der Waals surface area (Å²) in [6.45, 7) is 10.2. The van der Waals surface area contributed by atoms with Crippen LogP contribution in [0.5, 0.6) is 0 Å². The minimum absolute atomic E-state index is 1.12. The van der Waals surface area contributed by atoms with Crippen molar-refractivity contribution in [3.8, 4) is 0 Å².